The Balaban J connectivity index is 1.29. The zero-order valence-electron chi connectivity index (χ0n) is 28.6. The molecule has 4 heteroatoms. The quantitative estimate of drug-likeness (QED) is 0.196. The molecule has 1 aromatic rings. The number of hydrogen-bond acceptors (Lipinski definition) is 3. The molecular weight excluding hydrogens is 540 g/mol. The van der Waals surface area contributed by atoms with Gasteiger partial charge in [0.2, 0.25) is 0 Å². The smallest absolute Gasteiger partial charge is 0.335 e. The molecule has 3 N–H and O–H groups in total. The van der Waals surface area contributed by atoms with Gasteiger partial charge < -0.3 is 15.7 Å². The number of carbonyl (C=O) groups is 1. The van der Waals surface area contributed by atoms with Crippen LogP contribution in [0.1, 0.15) is 115 Å². The van der Waals surface area contributed by atoms with E-state index in [1.54, 1.807) is 12.1 Å². The molecule has 0 radical (unpaired) electrons. The first-order valence-electron chi connectivity index (χ1n) is 17.9. The van der Waals surface area contributed by atoms with E-state index < -0.39 is 5.97 Å². The minimum atomic E-state index is -0.852. The summed E-state index contributed by atoms with van der Waals surface area (Å²) in [5.74, 6) is 2.73. The van der Waals surface area contributed by atoms with Gasteiger partial charge >= 0.3 is 5.97 Å². The van der Waals surface area contributed by atoms with Crippen molar-refractivity contribution >= 4 is 11.5 Å². The van der Waals surface area contributed by atoms with Crippen LogP contribution in [0.5, 0.6) is 0 Å². The molecule has 5 aliphatic carbocycles. The zero-order valence-corrected chi connectivity index (χ0v) is 28.6. The second-order valence-electron chi connectivity index (χ2n) is 17.1. The molecule has 4 fully saturated rings. The molecule has 4 nitrogen and oxygen atoms in total. The Labute approximate surface area is 267 Å². The second-order valence-corrected chi connectivity index (χ2v) is 17.1. The number of nitrogens with one attached hydrogen (secondary N) is 2. The number of aromatic carboxylic acids is 1. The topological polar surface area (TPSA) is 61.4 Å². The average molecular weight is 601 g/mol. The summed E-state index contributed by atoms with van der Waals surface area (Å²) in [5.41, 5.74) is 4.49. The van der Waals surface area contributed by atoms with E-state index in [0.29, 0.717) is 33.6 Å². The Kier molecular flexibility index (Phi) is 8.31. The Morgan fingerprint density at radius 3 is 2.36 bits per heavy atom. The molecule has 0 saturated heterocycles. The molecule has 0 unspecified atom stereocenters. The summed E-state index contributed by atoms with van der Waals surface area (Å²) in [4.78, 5) is 11.5. The minimum absolute atomic E-state index is 0.0525. The lowest BCUT2D eigenvalue weighted by Crippen LogP contribution is -2.65. The predicted molar refractivity (Wildman–Crippen MR) is 183 cm³/mol. The van der Waals surface area contributed by atoms with Gasteiger partial charge in [-0.2, -0.15) is 0 Å². The van der Waals surface area contributed by atoms with Crippen molar-refractivity contribution in [2.45, 2.75) is 98.8 Å². The Hall–Kier alpha value is -1.91. The van der Waals surface area contributed by atoms with Crippen molar-refractivity contribution in [3.05, 3.63) is 54.1 Å². The van der Waals surface area contributed by atoms with Crippen molar-refractivity contribution in [1.29, 1.82) is 0 Å². The van der Waals surface area contributed by atoms with Crippen LogP contribution in [0.15, 0.2) is 43.0 Å². The van der Waals surface area contributed by atoms with E-state index in [0.717, 1.165) is 37.3 Å². The number of rotatable bonds is 9. The van der Waals surface area contributed by atoms with Gasteiger partial charge in [0.25, 0.3) is 0 Å². The highest BCUT2D eigenvalue weighted by molar-refractivity contribution is 5.88. The van der Waals surface area contributed by atoms with E-state index in [4.69, 9.17) is 0 Å². The first kappa shape index (κ1) is 32.0. The number of hydrogen-bond donors (Lipinski definition) is 3. The number of allylic oxidation sites excluding steroid dienone is 3. The van der Waals surface area contributed by atoms with Gasteiger partial charge in [-0.05, 0) is 164 Å². The number of carboxylic acid groups (broad SMARTS) is 1. The standard InChI is InChI=1S/C40H60N2O2/c1-8-27-16-21-40(26-42-25-9-24-41-7)23-22-38(5)31(34(27)40)14-15-33-37(4)19-17-30(28-10-12-29(13-11-28)35(43)44)36(2,3)32(37)18-20-39(33,38)6/h8,10-13,17,27,31-34,41-42H,1,9,14-16,18-26H2,2-7H3,(H,43,44)/t27-,31-,32+,33-,34-,37+,38-,39-,40-/m1/s1. The molecule has 5 aliphatic rings. The maximum atomic E-state index is 11.5. The average Bonchev–Trinajstić information content (AvgIpc) is 3.36. The number of carboxylic acids is 1. The van der Waals surface area contributed by atoms with Gasteiger partial charge in [0.1, 0.15) is 0 Å². The molecule has 0 bridgehead atoms. The Morgan fingerprint density at radius 1 is 0.932 bits per heavy atom. The highest BCUT2D eigenvalue weighted by Gasteiger charge is 2.70. The fourth-order valence-corrected chi connectivity index (χ4v) is 13.0. The van der Waals surface area contributed by atoms with Crippen LogP contribution in [0.4, 0.5) is 0 Å². The molecule has 1 aromatic carbocycles. The van der Waals surface area contributed by atoms with E-state index in [-0.39, 0.29) is 10.8 Å². The van der Waals surface area contributed by atoms with Gasteiger partial charge in [0.05, 0.1) is 5.56 Å². The molecule has 9 atom stereocenters. The largest absolute Gasteiger partial charge is 0.478 e. The molecule has 0 amide bonds. The molecule has 4 saturated carbocycles. The summed E-state index contributed by atoms with van der Waals surface area (Å²) in [6.45, 7) is 20.9. The van der Waals surface area contributed by atoms with Gasteiger partial charge in [0.15, 0.2) is 0 Å². The van der Waals surface area contributed by atoms with Gasteiger partial charge in [-0.1, -0.05) is 58.9 Å². The fourth-order valence-electron chi connectivity index (χ4n) is 13.0. The van der Waals surface area contributed by atoms with Crippen LogP contribution < -0.4 is 10.6 Å². The normalized spacial score (nSPS) is 42.3. The number of benzene rings is 1. The van der Waals surface area contributed by atoms with Crippen LogP contribution in [0.25, 0.3) is 5.57 Å². The van der Waals surface area contributed by atoms with Crippen molar-refractivity contribution in [2.24, 2.45) is 56.7 Å². The van der Waals surface area contributed by atoms with Crippen molar-refractivity contribution < 1.29 is 9.90 Å². The van der Waals surface area contributed by atoms with Crippen LogP contribution in [-0.4, -0.2) is 37.8 Å². The van der Waals surface area contributed by atoms with Gasteiger partial charge in [-0.3, -0.25) is 0 Å². The predicted octanol–water partition coefficient (Wildman–Crippen LogP) is 8.84. The SMILES string of the molecule is C=C[C@@H]1CC[C@]2(CNCCCNC)CC[C@]3(C)[C@H](CC[C@@H]4[C@@]5(C)CC=C(c6ccc(C(=O)O)cc6)C(C)(C)[C@@H]5CC[C@]43C)[C@@H]12. The van der Waals surface area contributed by atoms with Crippen molar-refractivity contribution in [3.8, 4) is 0 Å². The minimum Gasteiger partial charge on any atom is -0.478 e. The van der Waals surface area contributed by atoms with Crippen LogP contribution >= 0.6 is 0 Å². The monoisotopic (exact) mass is 600 g/mol. The Bertz CT molecular complexity index is 1280. The van der Waals surface area contributed by atoms with E-state index in [1.807, 2.05) is 12.1 Å². The van der Waals surface area contributed by atoms with Crippen molar-refractivity contribution in [1.82, 2.24) is 10.6 Å². The summed E-state index contributed by atoms with van der Waals surface area (Å²) in [6, 6.07) is 7.65. The van der Waals surface area contributed by atoms with Gasteiger partial charge in [-0.15, -0.1) is 6.58 Å². The van der Waals surface area contributed by atoms with Crippen LogP contribution in [0.2, 0.25) is 0 Å². The molecule has 0 heterocycles. The van der Waals surface area contributed by atoms with Gasteiger partial charge in [0, 0.05) is 6.54 Å². The van der Waals surface area contributed by atoms with E-state index in [9.17, 15) is 9.90 Å². The highest BCUT2D eigenvalue weighted by Crippen LogP contribution is 2.77. The lowest BCUT2D eigenvalue weighted by molar-refractivity contribution is -0.224. The fraction of sp³-hybridized carbons (Fsp3) is 0.725. The van der Waals surface area contributed by atoms with Crippen molar-refractivity contribution in [3.63, 3.8) is 0 Å². The molecule has 0 spiro atoms. The third-order valence-electron chi connectivity index (χ3n) is 15.2. The van der Waals surface area contributed by atoms with Crippen LogP contribution in [-0.2, 0) is 0 Å². The first-order valence-corrected chi connectivity index (χ1v) is 17.9. The molecular formula is C40H60N2O2. The summed E-state index contributed by atoms with van der Waals surface area (Å²) < 4.78 is 0. The first-order chi connectivity index (χ1) is 20.9. The molecule has 6 rings (SSSR count). The highest BCUT2D eigenvalue weighted by atomic mass is 16.4. The molecule has 0 aliphatic heterocycles. The van der Waals surface area contributed by atoms with E-state index in [1.165, 1.54) is 75.5 Å². The third-order valence-corrected chi connectivity index (χ3v) is 15.2. The second kappa shape index (κ2) is 11.4. The van der Waals surface area contributed by atoms with E-state index in [2.05, 4.69) is 71.0 Å². The summed E-state index contributed by atoms with van der Waals surface area (Å²) in [7, 11) is 2.05. The summed E-state index contributed by atoms with van der Waals surface area (Å²) in [6.07, 6.45) is 18.1. The summed E-state index contributed by atoms with van der Waals surface area (Å²) in [5, 5.41) is 16.7. The van der Waals surface area contributed by atoms with Crippen LogP contribution in [0.3, 0.4) is 0 Å². The molecule has 44 heavy (non-hydrogen) atoms. The molecule has 0 aromatic heterocycles. The van der Waals surface area contributed by atoms with Gasteiger partial charge in [-0.25, -0.2) is 4.79 Å². The molecule has 242 valence electrons. The number of fused-ring (bicyclic) bond motifs is 7. The maximum Gasteiger partial charge on any atom is 0.335 e. The zero-order chi connectivity index (χ0) is 31.5. The maximum absolute atomic E-state index is 11.5. The lowest BCUT2D eigenvalue weighted by Gasteiger charge is -2.72. The summed E-state index contributed by atoms with van der Waals surface area (Å²) >= 11 is 0. The van der Waals surface area contributed by atoms with Crippen LogP contribution in [0, 0.1) is 56.7 Å². The third kappa shape index (κ3) is 4.62. The van der Waals surface area contributed by atoms with Crippen molar-refractivity contribution in [2.75, 3.05) is 26.7 Å². The van der Waals surface area contributed by atoms with E-state index >= 15 is 0 Å². The lowest BCUT2D eigenvalue weighted by atomic mass is 9.32. The Morgan fingerprint density at radius 2 is 1.68 bits per heavy atom.